The summed E-state index contributed by atoms with van der Waals surface area (Å²) in [5.41, 5.74) is 5.33. The number of hydrogen-bond acceptors (Lipinski definition) is 2. The first-order valence-electron chi connectivity index (χ1n) is 6.72. The van der Waals surface area contributed by atoms with E-state index in [2.05, 4.69) is 56.4 Å². The van der Waals surface area contributed by atoms with Crippen LogP contribution in [0.5, 0.6) is 0 Å². The summed E-state index contributed by atoms with van der Waals surface area (Å²) < 4.78 is 3.25. The van der Waals surface area contributed by atoms with Crippen LogP contribution in [0.4, 0.5) is 0 Å². The molecular formula is C16H15BrClN3. The lowest BCUT2D eigenvalue weighted by molar-refractivity contribution is 0.880. The molecule has 3 rings (SSSR count). The molecule has 1 atom stereocenters. The Kier molecular flexibility index (Phi) is 3.76. The van der Waals surface area contributed by atoms with Gasteiger partial charge in [-0.15, -0.1) is 11.6 Å². The van der Waals surface area contributed by atoms with Gasteiger partial charge in [-0.05, 0) is 50.1 Å². The fraction of sp³-hybridized carbons (Fsp3) is 0.250. The third kappa shape index (κ3) is 2.47. The van der Waals surface area contributed by atoms with Crippen LogP contribution in [0.2, 0.25) is 0 Å². The Morgan fingerprint density at radius 1 is 1.24 bits per heavy atom. The van der Waals surface area contributed by atoms with Crippen LogP contribution >= 0.6 is 27.5 Å². The first kappa shape index (κ1) is 14.5. The molecule has 0 N–H and O–H groups in total. The predicted octanol–water partition coefficient (Wildman–Crippen LogP) is 5.10. The summed E-state index contributed by atoms with van der Waals surface area (Å²) in [7, 11) is 0. The lowest BCUT2D eigenvalue weighted by Gasteiger charge is -2.13. The van der Waals surface area contributed by atoms with E-state index in [1.807, 2.05) is 13.0 Å². The molecule has 0 aliphatic rings. The van der Waals surface area contributed by atoms with Crippen LogP contribution in [0, 0.1) is 13.8 Å². The molecule has 0 amide bonds. The Labute approximate surface area is 137 Å². The molecule has 108 valence electrons. The average molecular weight is 365 g/mol. The Morgan fingerprint density at radius 3 is 2.52 bits per heavy atom. The highest BCUT2D eigenvalue weighted by atomic mass is 79.9. The maximum absolute atomic E-state index is 6.33. The normalized spacial score (nSPS) is 12.8. The van der Waals surface area contributed by atoms with Crippen LogP contribution in [0.15, 0.2) is 35.1 Å². The summed E-state index contributed by atoms with van der Waals surface area (Å²) in [6.45, 7) is 6.11. The molecule has 1 aromatic carbocycles. The summed E-state index contributed by atoms with van der Waals surface area (Å²) in [6.07, 6.45) is 3.55. The number of hydrogen-bond donors (Lipinski definition) is 0. The quantitative estimate of drug-likeness (QED) is 0.592. The van der Waals surface area contributed by atoms with Crippen molar-refractivity contribution in [2.75, 3.05) is 0 Å². The second-order valence-corrected chi connectivity index (χ2v) is 6.63. The SMILES string of the molecule is Cc1cc(-n2c(C(C)Cl)nc3cnccc32)cc(C)c1Br. The second-order valence-electron chi connectivity index (χ2n) is 5.18. The molecule has 0 spiro atoms. The van der Waals surface area contributed by atoms with Crippen molar-refractivity contribution >= 4 is 38.6 Å². The lowest BCUT2D eigenvalue weighted by Crippen LogP contribution is -2.03. The molecular weight excluding hydrogens is 350 g/mol. The molecule has 0 aliphatic carbocycles. The van der Waals surface area contributed by atoms with Gasteiger partial charge in [0.2, 0.25) is 0 Å². The first-order chi connectivity index (χ1) is 9.99. The fourth-order valence-corrected chi connectivity index (χ4v) is 2.92. The van der Waals surface area contributed by atoms with Gasteiger partial charge < -0.3 is 0 Å². The first-order valence-corrected chi connectivity index (χ1v) is 7.95. The van der Waals surface area contributed by atoms with E-state index in [1.165, 1.54) is 11.1 Å². The van der Waals surface area contributed by atoms with Crippen molar-refractivity contribution in [2.45, 2.75) is 26.1 Å². The Morgan fingerprint density at radius 2 is 1.90 bits per heavy atom. The van der Waals surface area contributed by atoms with Gasteiger partial charge in [-0.25, -0.2) is 4.98 Å². The standard InChI is InChI=1S/C16H15BrClN3/c1-9-6-12(7-10(2)15(9)17)21-14-4-5-19-8-13(14)20-16(21)11(3)18/h4-8,11H,1-3H3. The van der Waals surface area contributed by atoms with Crippen LogP contribution in [0.1, 0.15) is 29.3 Å². The molecule has 0 saturated carbocycles. The van der Waals surface area contributed by atoms with Gasteiger partial charge in [-0.3, -0.25) is 9.55 Å². The van der Waals surface area contributed by atoms with Crippen molar-refractivity contribution in [3.63, 3.8) is 0 Å². The van der Waals surface area contributed by atoms with E-state index in [1.54, 1.807) is 12.4 Å². The zero-order valence-corrected chi connectivity index (χ0v) is 14.4. The molecule has 5 heteroatoms. The van der Waals surface area contributed by atoms with Crippen molar-refractivity contribution in [1.82, 2.24) is 14.5 Å². The minimum absolute atomic E-state index is 0.179. The lowest BCUT2D eigenvalue weighted by atomic mass is 10.1. The second kappa shape index (κ2) is 5.43. The molecule has 0 radical (unpaired) electrons. The molecule has 0 fully saturated rings. The van der Waals surface area contributed by atoms with Crippen molar-refractivity contribution in [3.8, 4) is 5.69 Å². The Bertz CT molecular complexity index is 800. The zero-order valence-electron chi connectivity index (χ0n) is 12.1. The van der Waals surface area contributed by atoms with E-state index in [9.17, 15) is 0 Å². The number of aryl methyl sites for hydroxylation is 2. The summed E-state index contributed by atoms with van der Waals surface area (Å²) in [5.74, 6) is 0.834. The highest BCUT2D eigenvalue weighted by Gasteiger charge is 2.17. The number of halogens is 2. The largest absolute Gasteiger partial charge is 0.295 e. The minimum atomic E-state index is -0.179. The van der Waals surface area contributed by atoms with Crippen molar-refractivity contribution in [2.24, 2.45) is 0 Å². The van der Waals surface area contributed by atoms with E-state index in [0.717, 1.165) is 27.0 Å². The molecule has 2 aromatic heterocycles. The number of fused-ring (bicyclic) bond motifs is 1. The van der Waals surface area contributed by atoms with Crippen LogP contribution < -0.4 is 0 Å². The average Bonchev–Trinajstić information content (AvgIpc) is 2.84. The van der Waals surface area contributed by atoms with E-state index in [0.29, 0.717) is 0 Å². The Balaban J connectivity index is 2.35. The van der Waals surface area contributed by atoms with Crippen LogP contribution in [-0.2, 0) is 0 Å². The molecule has 3 nitrogen and oxygen atoms in total. The van der Waals surface area contributed by atoms with Crippen molar-refractivity contribution in [1.29, 1.82) is 0 Å². The Hall–Kier alpha value is -1.39. The number of nitrogens with zero attached hydrogens (tertiary/aromatic N) is 3. The van der Waals surface area contributed by atoms with Crippen LogP contribution in [-0.4, -0.2) is 14.5 Å². The van der Waals surface area contributed by atoms with E-state index in [4.69, 9.17) is 11.6 Å². The molecule has 0 aliphatic heterocycles. The highest BCUT2D eigenvalue weighted by Crippen LogP contribution is 2.31. The van der Waals surface area contributed by atoms with Crippen molar-refractivity contribution in [3.05, 3.63) is 52.0 Å². The summed E-state index contributed by atoms with van der Waals surface area (Å²) in [5, 5.41) is -0.179. The van der Waals surface area contributed by atoms with Gasteiger partial charge in [-0.2, -0.15) is 0 Å². The maximum atomic E-state index is 6.33. The van der Waals surface area contributed by atoms with Crippen LogP contribution in [0.3, 0.4) is 0 Å². The molecule has 1 unspecified atom stereocenters. The number of aromatic nitrogens is 3. The molecule has 0 bridgehead atoms. The van der Waals surface area contributed by atoms with E-state index < -0.39 is 0 Å². The molecule has 21 heavy (non-hydrogen) atoms. The summed E-state index contributed by atoms with van der Waals surface area (Å²) in [6, 6.07) is 6.25. The van der Waals surface area contributed by atoms with Crippen molar-refractivity contribution < 1.29 is 0 Å². The van der Waals surface area contributed by atoms with Gasteiger partial charge in [0.15, 0.2) is 0 Å². The van der Waals surface area contributed by atoms with Gasteiger partial charge in [-0.1, -0.05) is 15.9 Å². The highest BCUT2D eigenvalue weighted by molar-refractivity contribution is 9.10. The third-order valence-corrected chi connectivity index (χ3v) is 4.96. The summed E-state index contributed by atoms with van der Waals surface area (Å²) in [4.78, 5) is 8.77. The number of imidazole rings is 1. The van der Waals surface area contributed by atoms with E-state index >= 15 is 0 Å². The number of alkyl halides is 1. The van der Waals surface area contributed by atoms with Gasteiger partial charge in [0.1, 0.15) is 11.3 Å². The number of pyridine rings is 1. The summed E-state index contributed by atoms with van der Waals surface area (Å²) >= 11 is 9.94. The topological polar surface area (TPSA) is 30.7 Å². The maximum Gasteiger partial charge on any atom is 0.132 e. The zero-order chi connectivity index (χ0) is 15.1. The molecule has 0 saturated heterocycles. The monoisotopic (exact) mass is 363 g/mol. The number of benzene rings is 1. The molecule has 3 aromatic rings. The smallest absolute Gasteiger partial charge is 0.132 e. The third-order valence-electron chi connectivity index (χ3n) is 3.52. The van der Waals surface area contributed by atoms with Gasteiger partial charge in [0, 0.05) is 16.4 Å². The number of rotatable bonds is 2. The van der Waals surface area contributed by atoms with Gasteiger partial charge in [0.25, 0.3) is 0 Å². The van der Waals surface area contributed by atoms with Gasteiger partial charge in [0.05, 0.1) is 17.1 Å². The predicted molar refractivity (Wildman–Crippen MR) is 90.3 cm³/mol. The molecule has 2 heterocycles. The van der Waals surface area contributed by atoms with Gasteiger partial charge >= 0.3 is 0 Å². The fourth-order valence-electron chi connectivity index (χ4n) is 2.54. The van der Waals surface area contributed by atoms with Crippen LogP contribution in [0.25, 0.3) is 16.7 Å². The van der Waals surface area contributed by atoms with E-state index in [-0.39, 0.29) is 5.38 Å². The minimum Gasteiger partial charge on any atom is -0.295 e.